The van der Waals surface area contributed by atoms with E-state index in [-0.39, 0.29) is 6.10 Å². The summed E-state index contributed by atoms with van der Waals surface area (Å²) in [4.78, 5) is 9.25. The van der Waals surface area contributed by atoms with Crippen molar-refractivity contribution in [1.29, 1.82) is 0 Å². The van der Waals surface area contributed by atoms with Gasteiger partial charge in [-0.1, -0.05) is 44.7 Å². The molecule has 118 valence electrons. The van der Waals surface area contributed by atoms with Crippen molar-refractivity contribution in [1.82, 2.24) is 9.97 Å². The van der Waals surface area contributed by atoms with Crippen molar-refractivity contribution in [3.63, 3.8) is 0 Å². The van der Waals surface area contributed by atoms with Gasteiger partial charge in [-0.05, 0) is 47.5 Å². The Balaban J connectivity index is 2.35. The third-order valence-electron chi connectivity index (χ3n) is 4.08. The van der Waals surface area contributed by atoms with Gasteiger partial charge in [0.1, 0.15) is 11.3 Å². The molecule has 1 fully saturated rings. The molecule has 0 aliphatic heterocycles. The molecule has 0 radical (unpaired) electrons. The summed E-state index contributed by atoms with van der Waals surface area (Å²) in [7, 11) is 0. The predicted molar refractivity (Wildman–Crippen MR) is 89.8 cm³/mol. The minimum atomic E-state index is -0.0293. The summed E-state index contributed by atoms with van der Waals surface area (Å²) < 4.78 is 6.81. The Labute approximate surface area is 141 Å². The first kappa shape index (κ1) is 17.2. The average molecular weight is 376 g/mol. The zero-order chi connectivity index (χ0) is 15.4. The molecule has 1 saturated carbocycles. The highest BCUT2D eigenvalue weighted by molar-refractivity contribution is 9.10. The van der Waals surface area contributed by atoms with Crippen LogP contribution in [0.25, 0.3) is 0 Å². The summed E-state index contributed by atoms with van der Waals surface area (Å²) in [5.74, 6) is 1.56. The Morgan fingerprint density at radius 1 is 1.24 bits per heavy atom. The van der Waals surface area contributed by atoms with Crippen molar-refractivity contribution < 1.29 is 4.74 Å². The fourth-order valence-corrected chi connectivity index (χ4v) is 3.82. The van der Waals surface area contributed by atoms with E-state index in [1.807, 2.05) is 6.92 Å². The maximum absolute atomic E-state index is 6.29. The van der Waals surface area contributed by atoms with E-state index in [4.69, 9.17) is 21.3 Å². The zero-order valence-electron chi connectivity index (χ0n) is 13.0. The van der Waals surface area contributed by atoms with Crippen LogP contribution in [0.5, 0.6) is 0 Å². The minimum Gasteiger partial charge on any atom is -0.370 e. The van der Waals surface area contributed by atoms with Gasteiger partial charge in [0, 0.05) is 6.61 Å². The van der Waals surface area contributed by atoms with Crippen molar-refractivity contribution >= 4 is 27.5 Å². The highest BCUT2D eigenvalue weighted by Gasteiger charge is 2.29. The largest absolute Gasteiger partial charge is 0.370 e. The number of hydrogen-bond donors (Lipinski definition) is 0. The molecule has 21 heavy (non-hydrogen) atoms. The number of hydrogen-bond acceptors (Lipinski definition) is 3. The van der Waals surface area contributed by atoms with Crippen LogP contribution in [0.2, 0.25) is 5.15 Å². The first-order valence-corrected chi connectivity index (χ1v) is 9.06. The van der Waals surface area contributed by atoms with Gasteiger partial charge < -0.3 is 4.74 Å². The molecule has 1 aromatic heterocycles. The standard InChI is InChI=1S/C16H24BrClN2O/c1-4-21-14(11-8-6-5-7-9-11)16-19-13(10(2)3)12(17)15(18)20-16/h10-11,14H,4-9H2,1-3H3. The Morgan fingerprint density at radius 2 is 1.90 bits per heavy atom. The first-order valence-electron chi connectivity index (χ1n) is 7.89. The molecule has 0 bridgehead atoms. The van der Waals surface area contributed by atoms with Crippen LogP contribution in [0.4, 0.5) is 0 Å². The number of aromatic nitrogens is 2. The lowest BCUT2D eigenvalue weighted by atomic mass is 9.85. The molecule has 1 heterocycles. The summed E-state index contributed by atoms with van der Waals surface area (Å²) in [6.07, 6.45) is 6.23. The van der Waals surface area contributed by atoms with E-state index in [9.17, 15) is 0 Å². The maximum atomic E-state index is 6.29. The van der Waals surface area contributed by atoms with E-state index in [2.05, 4.69) is 34.8 Å². The van der Waals surface area contributed by atoms with E-state index in [0.717, 1.165) is 16.0 Å². The van der Waals surface area contributed by atoms with Crippen molar-refractivity contribution in [3.05, 3.63) is 21.1 Å². The second kappa shape index (κ2) is 7.89. The Morgan fingerprint density at radius 3 is 2.48 bits per heavy atom. The molecular formula is C16H24BrClN2O. The summed E-state index contributed by atoms with van der Waals surface area (Å²) >= 11 is 9.79. The summed E-state index contributed by atoms with van der Waals surface area (Å²) in [5.41, 5.74) is 0.963. The molecule has 3 nitrogen and oxygen atoms in total. The van der Waals surface area contributed by atoms with Crippen molar-refractivity contribution in [2.75, 3.05) is 6.61 Å². The second-order valence-corrected chi connectivity index (χ2v) is 7.15. The lowest BCUT2D eigenvalue weighted by Crippen LogP contribution is -2.22. The molecule has 1 atom stereocenters. The highest BCUT2D eigenvalue weighted by atomic mass is 79.9. The van der Waals surface area contributed by atoms with Gasteiger partial charge in [0.05, 0.1) is 10.2 Å². The quantitative estimate of drug-likeness (QED) is 0.621. The molecule has 1 aromatic rings. The average Bonchev–Trinajstić information content (AvgIpc) is 2.48. The number of ether oxygens (including phenoxy) is 1. The van der Waals surface area contributed by atoms with Gasteiger partial charge in [-0.25, -0.2) is 9.97 Å². The van der Waals surface area contributed by atoms with Crippen molar-refractivity contribution in [3.8, 4) is 0 Å². The zero-order valence-corrected chi connectivity index (χ0v) is 15.4. The highest BCUT2D eigenvalue weighted by Crippen LogP contribution is 2.38. The fraction of sp³-hybridized carbons (Fsp3) is 0.750. The summed E-state index contributed by atoms with van der Waals surface area (Å²) in [6, 6.07) is 0. The van der Waals surface area contributed by atoms with E-state index in [1.54, 1.807) is 0 Å². The monoisotopic (exact) mass is 374 g/mol. The van der Waals surface area contributed by atoms with E-state index in [0.29, 0.717) is 23.6 Å². The van der Waals surface area contributed by atoms with Gasteiger partial charge in [-0.2, -0.15) is 0 Å². The lowest BCUT2D eigenvalue weighted by Gasteiger charge is -2.29. The topological polar surface area (TPSA) is 35.0 Å². The molecule has 2 rings (SSSR count). The van der Waals surface area contributed by atoms with Gasteiger partial charge >= 0.3 is 0 Å². The number of halogens is 2. The van der Waals surface area contributed by atoms with Crippen LogP contribution in [0.15, 0.2) is 4.47 Å². The van der Waals surface area contributed by atoms with Crippen molar-refractivity contribution in [2.45, 2.75) is 64.9 Å². The van der Waals surface area contributed by atoms with Crippen LogP contribution in [0, 0.1) is 5.92 Å². The first-order chi connectivity index (χ1) is 10.0. The molecule has 0 amide bonds. The number of rotatable bonds is 5. The predicted octanol–water partition coefficient (Wildman–Crippen LogP) is 5.67. The van der Waals surface area contributed by atoms with Crippen LogP contribution in [-0.2, 0) is 4.74 Å². The van der Waals surface area contributed by atoms with E-state index < -0.39 is 0 Å². The molecule has 5 heteroatoms. The maximum Gasteiger partial charge on any atom is 0.159 e. The molecule has 1 unspecified atom stereocenters. The number of nitrogens with zero attached hydrogens (tertiary/aromatic N) is 2. The van der Waals surface area contributed by atoms with Crippen LogP contribution in [-0.4, -0.2) is 16.6 Å². The van der Waals surface area contributed by atoms with Crippen LogP contribution >= 0.6 is 27.5 Å². The molecule has 1 aliphatic rings. The van der Waals surface area contributed by atoms with E-state index >= 15 is 0 Å². The molecule has 0 aromatic carbocycles. The third kappa shape index (κ3) is 4.17. The summed E-state index contributed by atoms with van der Waals surface area (Å²) in [5, 5.41) is 0.490. The SMILES string of the molecule is CCOC(c1nc(Cl)c(Br)c(C(C)C)n1)C1CCCCC1. The lowest BCUT2D eigenvalue weighted by molar-refractivity contribution is -0.000369. The molecule has 0 spiro atoms. The van der Waals surface area contributed by atoms with Gasteiger partial charge in [0.15, 0.2) is 5.82 Å². The van der Waals surface area contributed by atoms with E-state index in [1.165, 1.54) is 32.1 Å². The normalized spacial score (nSPS) is 18.2. The Hall–Kier alpha value is -0.190. The van der Waals surface area contributed by atoms with Crippen molar-refractivity contribution in [2.24, 2.45) is 5.92 Å². The molecule has 0 saturated heterocycles. The third-order valence-corrected chi connectivity index (χ3v) is 5.36. The molecular weight excluding hydrogens is 352 g/mol. The van der Waals surface area contributed by atoms with Gasteiger partial charge in [-0.3, -0.25) is 0 Å². The molecule has 0 N–H and O–H groups in total. The smallest absolute Gasteiger partial charge is 0.159 e. The van der Waals surface area contributed by atoms with Gasteiger partial charge in [0.2, 0.25) is 0 Å². The summed E-state index contributed by atoms with van der Waals surface area (Å²) in [6.45, 7) is 6.93. The van der Waals surface area contributed by atoms with Crippen LogP contribution in [0.1, 0.15) is 76.4 Å². The van der Waals surface area contributed by atoms with Gasteiger partial charge in [-0.15, -0.1) is 0 Å². The molecule has 1 aliphatic carbocycles. The van der Waals surface area contributed by atoms with Crippen LogP contribution in [0.3, 0.4) is 0 Å². The van der Waals surface area contributed by atoms with Gasteiger partial charge in [0.25, 0.3) is 0 Å². The Kier molecular flexibility index (Phi) is 6.45. The van der Waals surface area contributed by atoms with Crippen LogP contribution < -0.4 is 0 Å². The minimum absolute atomic E-state index is 0.0293. The second-order valence-electron chi connectivity index (χ2n) is 6.00. The Bertz CT molecular complexity index is 476. The fourth-order valence-electron chi connectivity index (χ4n) is 3.00.